The lowest BCUT2D eigenvalue weighted by Crippen LogP contribution is -1.89. The molecule has 0 amide bonds. The quantitative estimate of drug-likeness (QED) is 0.776. The van der Waals surface area contributed by atoms with Gasteiger partial charge in [-0.1, -0.05) is 12.1 Å². The molecule has 0 saturated carbocycles. The number of para-hydroxylation sites is 1. The Bertz CT molecular complexity index is 394. The molecule has 1 N–H and O–H groups in total. The molecule has 0 bridgehead atoms. The Morgan fingerprint density at radius 2 is 2.31 bits per heavy atom. The first-order chi connectivity index (χ1) is 6.42. The summed E-state index contributed by atoms with van der Waals surface area (Å²) in [6.45, 7) is 0.213. The predicted molar refractivity (Wildman–Crippen MR) is 49.4 cm³/mol. The lowest BCUT2D eigenvalue weighted by molar-refractivity contribution is 0.288. The van der Waals surface area contributed by atoms with Crippen LogP contribution in [0.15, 0.2) is 29.0 Å². The van der Waals surface area contributed by atoms with Crippen molar-refractivity contribution in [2.45, 2.75) is 12.8 Å². The van der Waals surface area contributed by atoms with E-state index < -0.39 is 0 Å². The monoisotopic (exact) mass is 177 g/mol. The Balaban J connectivity index is 2.37. The maximum absolute atomic E-state index is 8.70. The van der Waals surface area contributed by atoms with Gasteiger partial charge in [0.1, 0.15) is 5.52 Å². The standard InChI is InChI=1S/C10H11NO2/c12-6-2-4-8-3-1-5-9-10(8)13-7-11-9/h1,3,5,7,12H,2,4,6H2. The molecule has 0 atom stereocenters. The summed E-state index contributed by atoms with van der Waals surface area (Å²) in [6.07, 6.45) is 3.05. The molecule has 2 aromatic rings. The van der Waals surface area contributed by atoms with Crippen molar-refractivity contribution in [2.24, 2.45) is 0 Å². The minimum absolute atomic E-state index is 0.213. The Labute approximate surface area is 76.0 Å². The molecule has 68 valence electrons. The molecule has 0 aliphatic heterocycles. The molecular formula is C10H11NO2. The number of rotatable bonds is 3. The number of hydrogen-bond donors (Lipinski definition) is 1. The van der Waals surface area contributed by atoms with E-state index in [0.29, 0.717) is 0 Å². The Morgan fingerprint density at radius 3 is 3.15 bits per heavy atom. The zero-order valence-corrected chi connectivity index (χ0v) is 7.23. The van der Waals surface area contributed by atoms with Crippen molar-refractivity contribution < 1.29 is 9.52 Å². The maximum Gasteiger partial charge on any atom is 0.181 e. The second-order valence-electron chi connectivity index (χ2n) is 2.94. The number of aryl methyl sites for hydroxylation is 1. The Kier molecular flexibility index (Phi) is 2.27. The predicted octanol–water partition coefficient (Wildman–Crippen LogP) is 1.75. The maximum atomic E-state index is 8.70. The zero-order chi connectivity index (χ0) is 9.10. The summed E-state index contributed by atoms with van der Waals surface area (Å²) >= 11 is 0. The highest BCUT2D eigenvalue weighted by Crippen LogP contribution is 2.18. The van der Waals surface area contributed by atoms with Crippen LogP contribution in [0.4, 0.5) is 0 Å². The van der Waals surface area contributed by atoms with Crippen LogP contribution in [0.1, 0.15) is 12.0 Å². The van der Waals surface area contributed by atoms with Gasteiger partial charge in [-0.05, 0) is 24.5 Å². The van der Waals surface area contributed by atoms with Gasteiger partial charge in [-0.2, -0.15) is 0 Å². The van der Waals surface area contributed by atoms with Gasteiger partial charge in [0.05, 0.1) is 0 Å². The van der Waals surface area contributed by atoms with Gasteiger partial charge in [-0.15, -0.1) is 0 Å². The fourth-order valence-electron chi connectivity index (χ4n) is 1.41. The molecule has 0 aliphatic rings. The van der Waals surface area contributed by atoms with Crippen molar-refractivity contribution >= 4 is 11.1 Å². The molecule has 0 radical (unpaired) electrons. The van der Waals surface area contributed by atoms with E-state index >= 15 is 0 Å². The van der Waals surface area contributed by atoms with E-state index in [1.165, 1.54) is 6.39 Å². The van der Waals surface area contributed by atoms with Crippen LogP contribution in [-0.2, 0) is 6.42 Å². The van der Waals surface area contributed by atoms with E-state index in [1.54, 1.807) is 0 Å². The summed E-state index contributed by atoms with van der Waals surface area (Å²) in [5, 5.41) is 8.70. The van der Waals surface area contributed by atoms with Crippen LogP contribution in [0.3, 0.4) is 0 Å². The average Bonchev–Trinajstić information content (AvgIpc) is 2.62. The number of hydrogen-bond acceptors (Lipinski definition) is 3. The molecule has 0 saturated heterocycles. The van der Waals surface area contributed by atoms with Crippen molar-refractivity contribution in [2.75, 3.05) is 6.61 Å². The van der Waals surface area contributed by atoms with Gasteiger partial charge in [0, 0.05) is 6.61 Å². The number of aliphatic hydroxyl groups excluding tert-OH is 1. The Hall–Kier alpha value is -1.35. The fourth-order valence-corrected chi connectivity index (χ4v) is 1.41. The van der Waals surface area contributed by atoms with E-state index in [1.807, 2.05) is 18.2 Å². The van der Waals surface area contributed by atoms with Crippen molar-refractivity contribution in [3.05, 3.63) is 30.2 Å². The van der Waals surface area contributed by atoms with Gasteiger partial charge in [-0.25, -0.2) is 4.98 Å². The van der Waals surface area contributed by atoms with Crippen LogP contribution in [0.25, 0.3) is 11.1 Å². The summed E-state index contributed by atoms with van der Waals surface area (Å²) in [7, 11) is 0. The summed E-state index contributed by atoms with van der Waals surface area (Å²) < 4.78 is 5.25. The van der Waals surface area contributed by atoms with Crippen LogP contribution in [0, 0.1) is 0 Å². The third-order valence-corrected chi connectivity index (χ3v) is 2.04. The molecule has 0 unspecified atom stereocenters. The highest BCUT2D eigenvalue weighted by atomic mass is 16.3. The van der Waals surface area contributed by atoms with Gasteiger partial charge in [-0.3, -0.25) is 0 Å². The third-order valence-electron chi connectivity index (χ3n) is 2.04. The van der Waals surface area contributed by atoms with Crippen LogP contribution < -0.4 is 0 Å². The second kappa shape index (κ2) is 3.58. The van der Waals surface area contributed by atoms with E-state index in [4.69, 9.17) is 9.52 Å². The molecule has 2 rings (SSSR count). The summed E-state index contributed by atoms with van der Waals surface area (Å²) in [5.74, 6) is 0. The molecular weight excluding hydrogens is 166 g/mol. The third kappa shape index (κ3) is 1.55. The van der Waals surface area contributed by atoms with Gasteiger partial charge in [0.25, 0.3) is 0 Å². The average molecular weight is 177 g/mol. The topological polar surface area (TPSA) is 46.3 Å². The first-order valence-corrected chi connectivity index (χ1v) is 4.34. The molecule has 1 heterocycles. The minimum Gasteiger partial charge on any atom is -0.443 e. The van der Waals surface area contributed by atoms with E-state index in [9.17, 15) is 0 Å². The number of benzene rings is 1. The first kappa shape index (κ1) is 8.26. The smallest absolute Gasteiger partial charge is 0.181 e. The number of oxazole rings is 1. The molecule has 0 spiro atoms. The van der Waals surface area contributed by atoms with Crippen molar-refractivity contribution in [3.8, 4) is 0 Å². The summed E-state index contributed by atoms with van der Waals surface area (Å²) in [5.41, 5.74) is 2.84. The summed E-state index contributed by atoms with van der Waals surface area (Å²) in [6, 6.07) is 5.88. The normalized spacial score (nSPS) is 10.8. The number of aromatic nitrogens is 1. The van der Waals surface area contributed by atoms with Crippen molar-refractivity contribution in [1.29, 1.82) is 0 Å². The molecule has 13 heavy (non-hydrogen) atoms. The highest BCUT2D eigenvalue weighted by Gasteiger charge is 2.03. The van der Waals surface area contributed by atoms with E-state index in [-0.39, 0.29) is 6.61 Å². The highest BCUT2D eigenvalue weighted by molar-refractivity contribution is 5.75. The first-order valence-electron chi connectivity index (χ1n) is 4.34. The summed E-state index contributed by atoms with van der Waals surface area (Å²) in [4.78, 5) is 4.06. The lowest BCUT2D eigenvalue weighted by atomic mass is 10.1. The van der Waals surface area contributed by atoms with E-state index in [2.05, 4.69) is 4.98 Å². The van der Waals surface area contributed by atoms with Gasteiger partial charge >= 0.3 is 0 Å². The SMILES string of the molecule is OCCCc1cccc2ncoc12. The van der Waals surface area contributed by atoms with Crippen molar-refractivity contribution in [3.63, 3.8) is 0 Å². The van der Waals surface area contributed by atoms with Gasteiger partial charge < -0.3 is 9.52 Å². The minimum atomic E-state index is 0.213. The fraction of sp³-hybridized carbons (Fsp3) is 0.300. The number of nitrogens with zero attached hydrogens (tertiary/aromatic N) is 1. The second-order valence-corrected chi connectivity index (χ2v) is 2.94. The number of fused-ring (bicyclic) bond motifs is 1. The largest absolute Gasteiger partial charge is 0.443 e. The molecule has 0 aliphatic carbocycles. The van der Waals surface area contributed by atoms with Gasteiger partial charge in [0.15, 0.2) is 12.0 Å². The van der Waals surface area contributed by atoms with Gasteiger partial charge in [0.2, 0.25) is 0 Å². The molecule has 1 aromatic carbocycles. The van der Waals surface area contributed by atoms with Crippen LogP contribution in [0.5, 0.6) is 0 Å². The van der Waals surface area contributed by atoms with Crippen LogP contribution in [0.2, 0.25) is 0 Å². The van der Waals surface area contributed by atoms with Crippen molar-refractivity contribution in [1.82, 2.24) is 4.98 Å². The molecule has 1 aromatic heterocycles. The van der Waals surface area contributed by atoms with Crippen LogP contribution >= 0.6 is 0 Å². The van der Waals surface area contributed by atoms with E-state index in [0.717, 1.165) is 29.5 Å². The van der Waals surface area contributed by atoms with Crippen LogP contribution in [-0.4, -0.2) is 16.7 Å². The lowest BCUT2D eigenvalue weighted by Gasteiger charge is -1.98. The molecule has 0 fully saturated rings. The zero-order valence-electron chi connectivity index (χ0n) is 7.23. The molecule has 3 heteroatoms. The molecule has 3 nitrogen and oxygen atoms in total. The Morgan fingerprint density at radius 1 is 1.38 bits per heavy atom. The number of aliphatic hydroxyl groups is 1.